The SMILES string of the molecule is O=C(NCCN1CCCC1)c1ccc(-c2cncc(-c3ccccc3)n2)cc1. The number of nitrogens with one attached hydrogen (secondary N) is 1. The van der Waals surface area contributed by atoms with E-state index in [9.17, 15) is 4.79 Å². The van der Waals surface area contributed by atoms with Crippen molar-refractivity contribution in [3.05, 3.63) is 72.6 Å². The Hall–Kier alpha value is -3.05. The predicted octanol–water partition coefficient (Wildman–Crippen LogP) is 3.64. The lowest BCUT2D eigenvalue weighted by molar-refractivity contribution is 0.0950. The molecule has 0 saturated carbocycles. The third-order valence-corrected chi connectivity index (χ3v) is 5.06. The first-order valence-electron chi connectivity index (χ1n) is 9.78. The van der Waals surface area contributed by atoms with Crippen molar-refractivity contribution < 1.29 is 4.79 Å². The fraction of sp³-hybridized carbons (Fsp3) is 0.261. The summed E-state index contributed by atoms with van der Waals surface area (Å²) in [5.74, 6) is -0.0325. The van der Waals surface area contributed by atoms with Gasteiger partial charge in [-0.2, -0.15) is 0 Å². The molecule has 1 amide bonds. The maximum atomic E-state index is 12.3. The van der Waals surface area contributed by atoms with Crippen LogP contribution in [0.5, 0.6) is 0 Å². The first-order valence-corrected chi connectivity index (χ1v) is 9.78. The zero-order valence-corrected chi connectivity index (χ0v) is 15.8. The summed E-state index contributed by atoms with van der Waals surface area (Å²) in [4.78, 5) is 23.8. The smallest absolute Gasteiger partial charge is 0.251 e. The van der Waals surface area contributed by atoms with Crippen molar-refractivity contribution in [2.75, 3.05) is 26.2 Å². The average molecular weight is 372 g/mol. The van der Waals surface area contributed by atoms with Crippen molar-refractivity contribution in [2.45, 2.75) is 12.8 Å². The Labute approximate surface area is 165 Å². The summed E-state index contributed by atoms with van der Waals surface area (Å²) in [5, 5.41) is 3.01. The Morgan fingerprint density at radius 1 is 0.893 bits per heavy atom. The summed E-state index contributed by atoms with van der Waals surface area (Å²) in [6, 6.07) is 17.5. The second-order valence-electron chi connectivity index (χ2n) is 7.04. The number of carbonyl (C=O) groups is 1. The molecule has 4 rings (SSSR count). The van der Waals surface area contributed by atoms with Gasteiger partial charge in [0, 0.05) is 29.8 Å². The van der Waals surface area contributed by atoms with Gasteiger partial charge in [0.25, 0.3) is 5.91 Å². The molecule has 3 aromatic rings. The molecule has 1 fully saturated rings. The van der Waals surface area contributed by atoms with Crippen LogP contribution in [0.25, 0.3) is 22.5 Å². The first-order chi connectivity index (χ1) is 13.8. The minimum Gasteiger partial charge on any atom is -0.351 e. The number of hydrogen-bond acceptors (Lipinski definition) is 4. The third kappa shape index (κ3) is 4.43. The van der Waals surface area contributed by atoms with Crippen LogP contribution in [0.2, 0.25) is 0 Å². The Balaban J connectivity index is 1.41. The molecular weight excluding hydrogens is 348 g/mol. The molecule has 1 aliphatic rings. The van der Waals surface area contributed by atoms with E-state index >= 15 is 0 Å². The number of carbonyl (C=O) groups excluding carboxylic acids is 1. The van der Waals surface area contributed by atoms with Gasteiger partial charge < -0.3 is 10.2 Å². The average Bonchev–Trinajstić information content (AvgIpc) is 3.28. The van der Waals surface area contributed by atoms with Crippen molar-refractivity contribution >= 4 is 5.91 Å². The standard InChI is InChI=1S/C23H24N4O/c28-23(25-12-15-27-13-4-5-14-27)20-10-8-19(9-11-20)22-17-24-16-21(26-22)18-6-2-1-3-7-18/h1-3,6-11,16-17H,4-5,12-15H2,(H,25,28). The summed E-state index contributed by atoms with van der Waals surface area (Å²) in [7, 11) is 0. The van der Waals surface area contributed by atoms with Crippen LogP contribution in [0.4, 0.5) is 0 Å². The van der Waals surface area contributed by atoms with Gasteiger partial charge in [-0.1, -0.05) is 42.5 Å². The highest BCUT2D eigenvalue weighted by atomic mass is 16.1. The molecule has 0 unspecified atom stereocenters. The van der Waals surface area contributed by atoms with Gasteiger partial charge in [-0.05, 0) is 38.1 Å². The van der Waals surface area contributed by atoms with Crippen molar-refractivity contribution in [1.82, 2.24) is 20.2 Å². The maximum absolute atomic E-state index is 12.3. The molecule has 142 valence electrons. The van der Waals surface area contributed by atoms with Crippen LogP contribution in [0.1, 0.15) is 23.2 Å². The van der Waals surface area contributed by atoms with Crippen molar-refractivity contribution in [3.63, 3.8) is 0 Å². The van der Waals surface area contributed by atoms with Crippen LogP contribution in [-0.4, -0.2) is 47.0 Å². The minimum absolute atomic E-state index is 0.0325. The second-order valence-corrected chi connectivity index (χ2v) is 7.04. The number of rotatable bonds is 6. The highest BCUT2D eigenvalue weighted by molar-refractivity contribution is 5.94. The molecule has 5 heteroatoms. The summed E-state index contributed by atoms with van der Waals surface area (Å²) < 4.78 is 0. The maximum Gasteiger partial charge on any atom is 0.251 e. The minimum atomic E-state index is -0.0325. The molecule has 0 atom stereocenters. The predicted molar refractivity (Wildman–Crippen MR) is 111 cm³/mol. The molecule has 1 N–H and O–H groups in total. The number of likely N-dealkylation sites (tertiary alicyclic amines) is 1. The highest BCUT2D eigenvalue weighted by Gasteiger charge is 2.12. The van der Waals surface area contributed by atoms with Crippen LogP contribution in [0, 0.1) is 0 Å². The van der Waals surface area contributed by atoms with Crippen molar-refractivity contribution in [1.29, 1.82) is 0 Å². The summed E-state index contributed by atoms with van der Waals surface area (Å²) in [6.45, 7) is 3.90. The van der Waals surface area contributed by atoms with E-state index in [0.29, 0.717) is 12.1 Å². The monoisotopic (exact) mass is 372 g/mol. The molecule has 0 bridgehead atoms. The second kappa shape index (κ2) is 8.76. The first kappa shape index (κ1) is 18.3. The summed E-state index contributed by atoms with van der Waals surface area (Å²) in [5.41, 5.74) is 4.27. The van der Waals surface area contributed by atoms with Gasteiger partial charge in [0.1, 0.15) is 0 Å². The van der Waals surface area contributed by atoms with Crippen molar-refractivity contribution in [2.24, 2.45) is 0 Å². The Morgan fingerprint density at radius 3 is 2.21 bits per heavy atom. The van der Waals surface area contributed by atoms with Gasteiger partial charge in [0.05, 0.1) is 23.8 Å². The van der Waals surface area contributed by atoms with Crippen LogP contribution in [-0.2, 0) is 0 Å². The molecule has 1 saturated heterocycles. The molecule has 1 aromatic heterocycles. The lowest BCUT2D eigenvalue weighted by Crippen LogP contribution is -2.33. The van der Waals surface area contributed by atoms with E-state index in [1.54, 1.807) is 12.4 Å². The largest absolute Gasteiger partial charge is 0.351 e. The summed E-state index contributed by atoms with van der Waals surface area (Å²) in [6.07, 6.45) is 6.05. The molecule has 0 radical (unpaired) electrons. The summed E-state index contributed by atoms with van der Waals surface area (Å²) >= 11 is 0. The van der Waals surface area contributed by atoms with Crippen molar-refractivity contribution in [3.8, 4) is 22.5 Å². The Morgan fingerprint density at radius 2 is 1.54 bits per heavy atom. The van der Waals surface area contributed by atoms with Crippen LogP contribution < -0.4 is 5.32 Å². The van der Waals surface area contributed by atoms with Gasteiger partial charge >= 0.3 is 0 Å². The van der Waals surface area contributed by atoms with Crippen LogP contribution >= 0.6 is 0 Å². The van der Waals surface area contributed by atoms with E-state index in [2.05, 4.69) is 15.2 Å². The fourth-order valence-corrected chi connectivity index (χ4v) is 3.48. The molecule has 28 heavy (non-hydrogen) atoms. The quantitative estimate of drug-likeness (QED) is 0.718. The number of hydrogen-bond donors (Lipinski definition) is 1. The Kier molecular flexibility index (Phi) is 5.73. The van der Waals surface area contributed by atoms with Crippen LogP contribution in [0.3, 0.4) is 0 Å². The molecule has 5 nitrogen and oxygen atoms in total. The number of amides is 1. The Bertz CT molecular complexity index is 919. The molecule has 0 spiro atoms. The van der Waals surface area contributed by atoms with E-state index in [1.807, 2.05) is 54.6 Å². The molecular formula is C23H24N4O. The van der Waals surface area contributed by atoms with E-state index in [0.717, 1.165) is 42.1 Å². The highest BCUT2D eigenvalue weighted by Crippen LogP contribution is 2.21. The molecule has 2 aromatic carbocycles. The van der Waals surface area contributed by atoms with E-state index in [1.165, 1.54) is 12.8 Å². The topological polar surface area (TPSA) is 58.1 Å². The van der Waals surface area contributed by atoms with E-state index < -0.39 is 0 Å². The normalized spacial score (nSPS) is 14.1. The lowest BCUT2D eigenvalue weighted by Gasteiger charge is -2.14. The molecule has 1 aliphatic heterocycles. The van der Waals surface area contributed by atoms with E-state index in [-0.39, 0.29) is 5.91 Å². The molecule has 0 aliphatic carbocycles. The van der Waals surface area contributed by atoms with Crippen LogP contribution in [0.15, 0.2) is 67.0 Å². The number of benzene rings is 2. The van der Waals surface area contributed by atoms with Gasteiger partial charge in [-0.3, -0.25) is 9.78 Å². The zero-order chi connectivity index (χ0) is 19.2. The van der Waals surface area contributed by atoms with Gasteiger partial charge in [0.15, 0.2) is 0 Å². The number of aromatic nitrogens is 2. The van der Waals surface area contributed by atoms with Gasteiger partial charge in [0.2, 0.25) is 0 Å². The van der Waals surface area contributed by atoms with Gasteiger partial charge in [-0.15, -0.1) is 0 Å². The third-order valence-electron chi connectivity index (χ3n) is 5.06. The van der Waals surface area contributed by atoms with E-state index in [4.69, 9.17) is 4.98 Å². The lowest BCUT2D eigenvalue weighted by atomic mass is 10.1. The zero-order valence-electron chi connectivity index (χ0n) is 15.8. The molecule has 2 heterocycles. The fourth-order valence-electron chi connectivity index (χ4n) is 3.48. The number of nitrogens with zero attached hydrogens (tertiary/aromatic N) is 3. The van der Waals surface area contributed by atoms with Gasteiger partial charge in [-0.25, -0.2) is 4.98 Å².